The zero-order valence-electron chi connectivity index (χ0n) is 9.91. The summed E-state index contributed by atoms with van der Waals surface area (Å²) in [4.78, 5) is 3.94. The summed E-state index contributed by atoms with van der Waals surface area (Å²) in [6.45, 7) is 3.37. The number of pyridine rings is 1. The number of alkyl halides is 5. The minimum absolute atomic E-state index is 0.105. The van der Waals surface area contributed by atoms with Crippen molar-refractivity contribution >= 4 is 0 Å². The van der Waals surface area contributed by atoms with Crippen LogP contribution in [0.5, 0.6) is 0 Å². The smallest absolute Gasteiger partial charge is 0.257 e. The predicted octanol–water partition coefficient (Wildman–Crippen LogP) is 4.26. The third kappa shape index (κ3) is 2.08. The summed E-state index contributed by atoms with van der Waals surface area (Å²) >= 11 is 0. The fourth-order valence-corrected chi connectivity index (χ4v) is 2.13. The van der Waals surface area contributed by atoms with E-state index < -0.39 is 29.6 Å². The third-order valence-corrected chi connectivity index (χ3v) is 3.05. The van der Waals surface area contributed by atoms with E-state index in [1.165, 1.54) is 0 Å². The lowest BCUT2D eigenvalue weighted by Crippen LogP contribution is -2.19. The van der Waals surface area contributed by atoms with Crippen LogP contribution in [0.1, 0.15) is 48.7 Å². The van der Waals surface area contributed by atoms with Gasteiger partial charge in [0.1, 0.15) is 0 Å². The van der Waals surface area contributed by atoms with Crippen molar-refractivity contribution in [3.63, 3.8) is 0 Å². The van der Waals surface area contributed by atoms with Gasteiger partial charge >= 0.3 is 6.18 Å². The zero-order chi connectivity index (χ0) is 13.7. The van der Waals surface area contributed by atoms with E-state index >= 15 is 0 Å². The van der Waals surface area contributed by atoms with Crippen molar-refractivity contribution in [3.8, 4) is 0 Å². The summed E-state index contributed by atoms with van der Waals surface area (Å²) in [6.07, 6.45) is -5.48. The molecule has 1 nitrogen and oxygen atoms in total. The van der Waals surface area contributed by atoms with Crippen LogP contribution in [0.2, 0.25) is 0 Å². The molecule has 1 heterocycles. The van der Waals surface area contributed by atoms with Crippen molar-refractivity contribution in [1.82, 2.24) is 4.98 Å². The Morgan fingerprint density at radius 3 is 2.39 bits per heavy atom. The van der Waals surface area contributed by atoms with Crippen molar-refractivity contribution in [2.45, 2.75) is 44.7 Å². The molecular weight excluding hydrogens is 253 g/mol. The van der Waals surface area contributed by atoms with Gasteiger partial charge in [-0.15, -0.1) is 0 Å². The second-order valence-electron chi connectivity index (χ2n) is 4.77. The number of halogens is 5. The van der Waals surface area contributed by atoms with Gasteiger partial charge in [-0.2, -0.15) is 13.2 Å². The van der Waals surface area contributed by atoms with Gasteiger partial charge < -0.3 is 0 Å². The summed E-state index contributed by atoms with van der Waals surface area (Å²) in [5.74, 6) is -3.66. The first-order valence-electron chi connectivity index (χ1n) is 5.62. The first kappa shape index (κ1) is 13.2. The minimum Gasteiger partial charge on any atom is -0.257 e. The molecule has 18 heavy (non-hydrogen) atoms. The number of aryl methyl sites for hydroxylation is 1. The molecule has 0 atom stereocenters. The molecular formula is C12H12F5N. The highest BCUT2D eigenvalue weighted by Gasteiger charge is 2.48. The van der Waals surface area contributed by atoms with Crippen LogP contribution in [-0.4, -0.2) is 4.98 Å². The molecule has 1 aromatic rings. The van der Waals surface area contributed by atoms with Crippen LogP contribution in [0.15, 0.2) is 6.07 Å². The molecule has 6 heteroatoms. The summed E-state index contributed by atoms with van der Waals surface area (Å²) in [7, 11) is 0. The maximum absolute atomic E-state index is 13.5. The first-order valence-corrected chi connectivity index (χ1v) is 5.62. The number of hydrogen-bond acceptors (Lipinski definition) is 1. The Kier molecular flexibility index (Phi) is 2.87. The van der Waals surface area contributed by atoms with E-state index in [1.54, 1.807) is 13.8 Å². The maximum Gasteiger partial charge on any atom is 0.417 e. The van der Waals surface area contributed by atoms with Crippen LogP contribution >= 0.6 is 0 Å². The van der Waals surface area contributed by atoms with E-state index in [2.05, 4.69) is 4.98 Å². The highest BCUT2D eigenvalue weighted by Crippen LogP contribution is 2.47. The summed E-state index contributed by atoms with van der Waals surface area (Å²) < 4.78 is 65.6. The second kappa shape index (κ2) is 3.90. The van der Waals surface area contributed by atoms with E-state index in [0.29, 0.717) is 0 Å². The SMILES string of the molecule is CC(C)c1cc(C(F)(F)F)c2c(n1)CCC2(F)F. The largest absolute Gasteiger partial charge is 0.417 e. The first-order chi connectivity index (χ1) is 8.13. The molecule has 1 aliphatic carbocycles. The van der Waals surface area contributed by atoms with Gasteiger partial charge in [-0.1, -0.05) is 13.8 Å². The molecule has 0 spiro atoms. The average molecular weight is 265 g/mol. The molecule has 0 bridgehead atoms. The van der Waals surface area contributed by atoms with E-state index in [0.717, 1.165) is 6.07 Å². The molecule has 0 N–H and O–H groups in total. The van der Waals surface area contributed by atoms with Crippen LogP contribution in [-0.2, 0) is 18.5 Å². The highest BCUT2D eigenvalue weighted by atomic mass is 19.4. The number of aromatic nitrogens is 1. The number of fused-ring (bicyclic) bond motifs is 1. The highest BCUT2D eigenvalue weighted by molar-refractivity contribution is 5.42. The Bertz CT molecular complexity index is 476. The summed E-state index contributed by atoms with van der Waals surface area (Å²) in [5, 5.41) is 0. The number of nitrogens with zero attached hydrogens (tertiary/aromatic N) is 1. The Morgan fingerprint density at radius 1 is 1.28 bits per heavy atom. The van der Waals surface area contributed by atoms with Gasteiger partial charge in [0.05, 0.1) is 16.8 Å². The van der Waals surface area contributed by atoms with Gasteiger partial charge in [0, 0.05) is 12.1 Å². The summed E-state index contributed by atoms with van der Waals surface area (Å²) in [5.41, 5.74) is -2.07. The average Bonchev–Trinajstić information content (AvgIpc) is 2.52. The number of rotatable bonds is 1. The van der Waals surface area contributed by atoms with Gasteiger partial charge in [0.15, 0.2) is 0 Å². The van der Waals surface area contributed by atoms with E-state index in [9.17, 15) is 22.0 Å². The molecule has 2 rings (SSSR count). The lowest BCUT2D eigenvalue weighted by Gasteiger charge is -2.18. The van der Waals surface area contributed by atoms with E-state index in [4.69, 9.17) is 0 Å². The standard InChI is InChI=1S/C12H12F5N/c1-6(2)9-5-7(12(15,16)17)10-8(18-9)3-4-11(10,13)14/h5-6H,3-4H2,1-2H3. The van der Waals surface area contributed by atoms with Crippen LogP contribution in [0.3, 0.4) is 0 Å². The van der Waals surface area contributed by atoms with Crippen molar-refractivity contribution in [2.75, 3.05) is 0 Å². The molecule has 100 valence electrons. The predicted molar refractivity (Wildman–Crippen MR) is 55.5 cm³/mol. The van der Waals surface area contributed by atoms with E-state index in [-0.39, 0.29) is 23.7 Å². The lowest BCUT2D eigenvalue weighted by molar-refractivity contribution is -0.141. The normalized spacial score (nSPS) is 18.2. The molecule has 0 aromatic carbocycles. The summed E-state index contributed by atoms with van der Waals surface area (Å²) in [6, 6.07) is 0.753. The van der Waals surface area contributed by atoms with Gasteiger partial charge in [-0.05, 0) is 18.4 Å². The van der Waals surface area contributed by atoms with Gasteiger partial charge in [0.25, 0.3) is 5.92 Å². The maximum atomic E-state index is 13.5. The van der Waals surface area contributed by atoms with Crippen LogP contribution < -0.4 is 0 Å². The second-order valence-corrected chi connectivity index (χ2v) is 4.77. The Balaban J connectivity index is 2.70. The molecule has 1 aromatic heterocycles. The quantitative estimate of drug-likeness (QED) is 0.691. The van der Waals surface area contributed by atoms with Crippen molar-refractivity contribution in [3.05, 3.63) is 28.6 Å². The molecule has 1 aliphatic rings. The lowest BCUT2D eigenvalue weighted by atomic mass is 10.00. The fraction of sp³-hybridized carbons (Fsp3) is 0.583. The Hall–Kier alpha value is -1.20. The van der Waals surface area contributed by atoms with Crippen molar-refractivity contribution < 1.29 is 22.0 Å². The number of hydrogen-bond donors (Lipinski definition) is 0. The van der Waals surface area contributed by atoms with Gasteiger partial charge in [-0.3, -0.25) is 4.98 Å². The van der Waals surface area contributed by atoms with Crippen LogP contribution in [0, 0.1) is 0 Å². The van der Waals surface area contributed by atoms with Crippen molar-refractivity contribution in [1.29, 1.82) is 0 Å². The molecule has 0 radical (unpaired) electrons. The van der Waals surface area contributed by atoms with Crippen LogP contribution in [0.25, 0.3) is 0 Å². The topological polar surface area (TPSA) is 12.9 Å². The zero-order valence-corrected chi connectivity index (χ0v) is 9.91. The van der Waals surface area contributed by atoms with Gasteiger partial charge in [0.2, 0.25) is 0 Å². The van der Waals surface area contributed by atoms with Gasteiger partial charge in [-0.25, -0.2) is 8.78 Å². The minimum atomic E-state index is -4.77. The van der Waals surface area contributed by atoms with Crippen molar-refractivity contribution in [2.24, 2.45) is 0 Å². The Labute approximate surface area is 101 Å². The molecule has 0 saturated carbocycles. The van der Waals surface area contributed by atoms with Crippen LogP contribution in [0.4, 0.5) is 22.0 Å². The molecule has 0 saturated heterocycles. The molecule has 0 fully saturated rings. The van der Waals surface area contributed by atoms with E-state index in [1.807, 2.05) is 0 Å². The molecule has 0 amide bonds. The monoisotopic (exact) mass is 265 g/mol. The fourth-order valence-electron chi connectivity index (χ4n) is 2.13. The third-order valence-electron chi connectivity index (χ3n) is 3.05. The Morgan fingerprint density at radius 2 is 1.89 bits per heavy atom. The molecule has 0 aliphatic heterocycles. The molecule has 0 unspecified atom stereocenters.